The number of hydrogen-bond donors (Lipinski definition) is 1. The largest absolute Gasteiger partial charge is 0.355 e. The van der Waals surface area contributed by atoms with Crippen LogP contribution in [0.2, 0.25) is 0 Å². The summed E-state index contributed by atoms with van der Waals surface area (Å²) in [5, 5.41) is 5.65. The molecule has 1 N–H and O–H groups in total. The Morgan fingerprint density at radius 1 is 1.25 bits per heavy atom. The maximum atomic E-state index is 4.41. The van der Waals surface area contributed by atoms with Gasteiger partial charge in [0.15, 0.2) is 5.96 Å². The van der Waals surface area contributed by atoms with Crippen molar-refractivity contribution in [1.82, 2.24) is 15.1 Å². The number of likely N-dealkylation sites (N-methyl/N-ethyl adjacent to an activating group) is 2. The monoisotopic (exact) mass is 464 g/mol. The second kappa shape index (κ2) is 12.1. The fraction of sp³-hybridized carbons (Fsp3) is 0.722. The van der Waals surface area contributed by atoms with E-state index in [1.54, 1.807) is 0 Å². The zero-order valence-corrected chi connectivity index (χ0v) is 18.5. The minimum Gasteiger partial charge on any atom is -0.355 e. The lowest BCUT2D eigenvalue weighted by atomic mass is 9.94. The smallest absolute Gasteiger partial charge is 0.193 e. The van der Waals surface area contributed by atoms with Crippen LogP contribution in [0.4, 0.5) is 0 Å². The SMILES string of the molecule is CN=C(NCCN(C)C1CCCCC1)N(C)CCc1cccs1.I. The summed E-state index contributed by atoms with van der Waals surface area (Å²) in [6, 6.07) is 5.10. The van der Waals surface area contributed by atoms with Gasteiger partial charge in [0.2, 0.25) is 0 Å². The first-order valence-electron chi connectivity index (χ1n) is 8.85. The molecule has 0 saturated heterocycles. The molecular weight excluding hydrogens is 431 g/mol. The van der Waals surface area contributed by atoms with Gasteiger partial charge in [0.05, 0.1) is 0 Å². The quantitative estimate of drug-likeness (QED) is 0.380. The summed E-state index contributed by atoms with van der Waals surface area (Å²) >= 11 is 1.83. The van der Waals surface area contributed by atoms with Crippen molar-refractivity contribution in [1.29, 1.82) is 0 Å². The molecule has 0 bridgehead atoms. The van der Waals surface area contributed by atoms with Crippen molar-refractivity contribution in [2.24, 2.45) is 4.99 Å². The van der Waals surface area contributed by atoms with E-state index in [1.165, 1.54) is 37.0 Å². The van der Waals surface area contributed by atoms with Gasteiger partial charge >= 0.3 is 0 Å². The van der Waals surface area contributed by atoms with Crippen molar-refractivity contribution < 1.29 is 0 Å². The first-order chi connectivity index (χ1) is 11.2. The maximum Gasteiger partial charge on any atom is 0.193 e. The fourth-order valence-electron chi connectivity index (χ4n) is 3.27. The van der Waals surface area contributed by atoms with Crippen LogP contribution < -0.4 is 5.32 Å². The molecule has 4 nitrogen and oxygen atoms in total. The van der Waals surface area contributed by atoms with Gasteiger partial charge in [-0.15, -0.1) is 35.3 Å². The number of hydrogen-bond acceptors (Lipinski definition) is 3. The highest BCUT2D eigenvalue weighted by Crippen LogP contribution is 2.21. The van der Waals surface area contributed by atoms with Gasteiger partial charge in [-0.25, -0.2) is 0 Å². The van der Waals surface area contributed by atoms with Crippen LogP contribution in [0.5, 0.6) is 0 Å². The van der Waals surface area contributed by atoms with E-state index in [9.17, 15) is 0 Å². The van der Waals surface area contributed by atoms with Gasteiger partial charge in [-0.2, -0.15) is 0 Å². The fourth-order valence-corrected chi connectivity index (χ4v) is 3.97. The number of thiophene rings is 1. The molecule has 0 unspecified atom stereocenters. The lowest BCUT2D eigenvalue weighted by Crippen LogP contribution is -2.44. The summed E-state index contributed by atoms with van der Waals surface area (Å²) < 4.78 is 0. The van der Waals surface area contributed by atoms with E-state index in [1.807, 2.05) is 18.4 Å². The summed E-state index contributed by atoms with van der Waals surface area (Å²) in [5.41, 5.74) is 0. The molecule has 0 spiro atoms. The first-order valence-corrected chi connectivity index (χ1v) is 9.73. The van der Waals surface area contributed by atoms with E-state index in [4.69, 9.17) is 0 Å². The number of nitrogens with zero attached hydrogens (tertiary/aromatic N) is 3. The van der Waals surface area contributed by atoms with Gasteiger partial charge in [-0.05, 0) is 37.8 Å². The number of nitrogens with one attached hydrogen (secondary N) is 1. The molecule has 1 aliphatic carbocycles. The molecule has 0 atom stereocenters. The zero-order valence-electron chi connectivity index (χ0n) is 15.3. The zero-order chi connectivity index (χ0) is 16.5. The van der Waals surface area contributed by atoms with Gasteiger partial charge in [-0.3, -0.25) is 4.99 Å². The van der Waals surface area contributed by atoms with E-state index < -0.39 is 0 Å². The third-order valence-electron chi connectivity index (χ3n) is 4.79. The molecule has 0 radical (unpaired) electrons. The molecule has 1 heterocycles. The van der Waals surface area contributed by atoms with Crippen molar-refractivity contribution in [3.05, 3.63) is 22.4 Å². The van der Waals surface area contributed by atoms with Gasteiger partial charge in [0.25, 0.3) is 0 Å². The lowest BCUT2D eigenvalue weighted by Gasteiger charge is -2.31. The van der Waals surface area contributed by atoms with Crippen LogP contribution in [0, 0.1) is 0 Å². The van der Waals surface area contributed by atoms with E-state index in [0.717, 1.165) is 38.1 Å². The summed E-state index contributed by atoms with van der Waals surface area (Å²) in [6.45, 7) is 3.05. The molecule has 138 valence electrons. The van der Waals surface area contributed by atoms with Gasteiger partial charge in [0, 0.05) is 44.6 Å². The Kier molecular flexibility index (Phi) is 10.9. The molecule has 1 aromatic heterocycles. The molecule has 1 saturated carbocycles. The van der Waals surface area contributed by atoms with E-state index in [-0.39, 0.29) is 24.0 Å². The minimum atomic E-state index is 0. The standard InChI is InChI=1S/C18H32N4S.HI/c1-19-18(22(3)13-11-17-10-7-15-23-17)20-12-14-21(2)16-8-5-4-6-9-16;/h7,10,15-16H,4-6,8-9,11-14H2,1-3H3,(H,19,20);1H. The highest BCUT2D eigenvalue weighted by Gasteiger charge is 2.17. The Bertz CT molecular complexity index is 458. The number of guanidine groups is 1. The normalized spacial score (nSPS) is 16.1. The molecule has 24 heavy (non-hydrogen) atoms. The van der Waals surface area contributed by atoms with Gasteiger partial charge in [-0.1, -0.05) is 25.3 Å². The molecule has 0 amide bonds. The van der Waals surface area contributed by atoms with Crippen molar-refractivity contribution in [3.63, 3.8) is 0 Å². The van der Waals surface area contributed by atoms with E-state index in [2.05, 4.69) is 51.7 Å². The number of halogens is 1. The third-order valence-corrected chi connectivity index (χ3v) is 5.73. The van der Waals surface area contributed by atoms with Crippen LogP contribution in [0.15, 0.2) is 22.5 Å². The van der Waals surface area contributed by atoms with Crippen molar-refractivity contribution >= 4 is 41.3 Å². The Hall–Kier alpha value is -0.340. The maximum absolute atomic E-state index is 4.41. The number of aliphatic imine (C=N–C) groups is 1. The molecule has 0 aliphatic heterocycles. The van der Waals surface area contributed by atoms with Crippen molar-refractivity contribution in [2.75, 3.05) is 40.8 Å². The molecule has 1 aliphatic rings. The highest BCUT2D eigenvalue weighted by molar-refractivity contribution is 14.0. The third kappa shape index (κ3) is 7.27. The van der Waals surface area contributed by atoms with E-state index in [0.29, 0.717) is 0 Å². The predicted octanol–water partition coefficient (Wildman–Crippen LogP) is 3.68. The first kappa shape index (κ1) is 21.7. The molecule has 1 fully saturated rings. The predicted molar refractivity (Wildman–Crippen MR) is 117 cm³/mol. The molecule has 1 aromatic rings. The van der Waals surface area contributed by atoms with Crippen molar-refractivity contribution in [2.45, 2.75) is 44.6 Å². The second-order valence-electron chi connectivity index (χ2n) is 6.50. The highest BCUT2D eigenvalue weighted by atomic mass is 127. The molecule has 2 rings (SSSR count). The second-order valence-corrected chi connectivity index (χ2v) is 7.53. The summed E-state index contributed by atoms with van der Waals surface area (Å²) in [4.78, 5) is 10.6. The van der Waals surface area contributed by atoms with Crippen LogP contribution in [-0.2, 0) is 6.42 Å². The summed E-state index contributed by atoms with van der Waals surface area (Å²) in [7, 11) is 6.25. The summed E-state index contributed by atoms with van der Waals surface area (Å²) in [6.07, 6.45) is 8.03. The minimum absolute atomic E-state index is 0. The average molecular weight is 464 g/mol. The van der Waals surface area contributed by atoms with Gasteiger partial charge < -0.3 is 15.1 Å². The molecule has 6 heteroatoms. The van der Waals surface area contributed by atoms with Crippen LogP contribution in [0.25, 0.3) is 0 Å². The Morgan fingerprint density at radius 3 is 2.62 bits per heavy atom. The average Bonchev–Trinajstić information content (AvgIpc) is 3.10. The lowest BCUT2D eigenvalue weighted by molar-refractivity contribution is 0.194. The van der Waals surface area contributed by atoms with E-state index >= 15 is 0 Å². The number of rotatable bonds is 7. The van der Waals surface area contributed by atoms with Crippen LogP contribution >= 0.6 is 35.3 Å². The molecule has 0 aromatic carbocycles. The topological polar surface area (TPSA) is 30.9 Å². The van der Waals surface area contributed by atoms with Crippen LogP contribution in [0.1, 0.15) is 37.0 Å². The van der Waals surface area contributed by atoms with Crippen LogP contribution in [0.3, 0.4) is 0 Å². The van der Waals surface area contributed by atoms with Crippen LogP contribution in [-0.4, -0.2) is 62.6 Å². The summed E-state index contributed by atoms with van der Waals surface area (Å²) in [5.74, 6) is 0.999. The molecular formula is C18H33IN4S. The van der Waals surface area contributed by atoms with Gasteiger partial charge in [0.1, 0.15) is 0 Å². The Labute approximate surface area is 168 Å². The van der Waals surface area contributed by atoms with Crippen molar-refractivity contribution in [3.8, 4) is 0 Å². The Balaban J connectivity index is 0.00000288. The Morgan fingerprint density at radius 2 is 2.00 bits per heavy atom.